The molecule has 0 aliphatic carbocycles. The number of hydrogen-bond donors (Lipinski definition) is 1. The maximum atomic E-state index is 13.0. The van der Waals surface area contributed by atoms with Gasteiger partial charge in [-0.05, 0) is 109 Å². The van der Waals surface area contributed by atoms with E-state index in [2.05, 4.69) is 51.5 Å². The maximum Gasteiger partial charge on any atom is 0.305 e. The summed E-state index contributed by atoms with van der Waals surface area (Å²) < 4.78 is 11.8. The SMILES string of the molecule is CCCCCCCCC(CCCCCC)COC(=O)CCCCCN(CCCCCC(=O)OCC(CCCCCC)CCCCCCCC)CCN(C)CCCCC(=O)N(CCO)CCCCCCCC. The number of nitrogens with zero attached hydrogens (tertiary/aromatic N) is 3. The van der Waals surface area contributed by atoms with Crippen LogP contribution in [0.25, 0.3) is 0 Å². The van der Waals surface area contributed by atoms with Gasteiger partial charge >= 0.3 is 11.9 Å². The molecule has 0 bridgehead atoms. The molecular weight excluding hydrogens is 883 g/mol. The Balaban J connectivity index is 5.06. The molecule has 0 saturated carbocycles. The van der Waals surface area contributed by atoms with Gasteiger partial charge in [-0.1, -0.05) is 208 Å². The molecule has 0 radical (unpaired) electrons. The van der Waals surface area contributed by atoms with Crippen LogP contribution in [0.3, 0.4) is 0 Å². The first-order valence-electron chi connectivity index (χ1n) is 31.3. The first kappa shape index (κ1) is 69.3. The van der Waals surface area contributed by atoms with Crippen LogP contribution < -0.4 is 0 Å². The molecule has 9 nitrogen and oxygen atoms in total. The molecule has 0 saturated heterocycles. The molecule has 0 aliphatic rings. The van der Waals surface area contributed by atoms with Crippen LogP contribution in [0.5, 0.6) is 0 Å². The van der Waals surface area contributed by atoms with Crippen LogP contribution in [-0.2, 0) is 23.9 Å². The Bertz CT molecular complexity index is 1080. The summed E-state index contributed by atoms with van der Waals surface area (Å²) in [5.74, 6) is 1.13. The van der Waals surface area contributed by atoms with E-state index < -0.39 is 0 Å². The monoisotopic (exact) mass is 1010 g/mol. The van der Waals surface area contributed by atoms with Gasteiger partial charge in [0.05, 0.1) is 19.8 Å². The lowest BCUT2D eigenvalue weighted by molar-refractivity contribution is -0.146. The van der Waals surface area contributed by atoms with E-state index in [-0.39, 0.29) is 24.5 Å². The number of carbonyl (C=O) groups excluding carboxylic acids is 3. The molecule has 1 amide bonds. The van der Waals surface area contributed by atoms with Crippen LogP contribution >= 0.6 is 0 Å². The Kier molecular flexibility index (Phi) is 53.2. The second kappa shape index (κ2) is 54.5. The highest BCUT2D eigenvalue weighted by Gasteiger charge is 2.16. The lowest BCUT2D eigenvalue weighted by atomic mass is 9.95. The van der Waals surface area contributed by atoms with Crippen molar-refractivity contribution in [2.24, 2.45) is 11.8 Å². The number of ether oxygens (including phenoxy) is 2. The lowest BCUT2D eigenvalue weighted by Gasteiger charge is -2.26. The van der Waals surface area contributed by atoms with Crippen LogP contribution in [0.15, 0.2) is 0 Å². The fraction of sp³-hybridized carbons (Fsp3) is 0.952. The highest BCUT2D eigenvalue weighted by Crippen LogP contribution is 2.22. The van der Waals surface area contributed by atoms with E-state index in [0.29, 0.717) is 50.9 Å². The van der Waals surface area contributed by atoms with E-state index in [1.807, 2.05) is 4.90 Å². The van der Waals surface area contributed by atoms with Gasteiger partial charge in [-0.3, -0.25) is 14.4 Å². The molecule has 0 aromatic heterocycles. The zero-order valence-corrected chi connectivity index (χ0v) is 48.5. The van der Waals surface area contributed by atoms with E-state index in [1.165, 1.54) is 180 Å². The fourth-order valence-corrected chi connectivity index (χ4v) is 10.0. The summed E-state index contributed by atoms with van der Waals surface area (Å²) in [5, 5.41) is 9.60. The molecule has 2 atom stereocenters. The number of carbonyl (C=O) groups is 3. The van der Waals surface area contributed by atoms with Crippen molar-refractivity contribution in [2.45, 2.75) is 298 Å². The second-order valence-electron chi connectivity index (χ2n) is 22.0. The summed E-state index contributed by atoms with van der Waals surface area (Å²) >= 11 is 0. The quantitative estimate of drug-likeness (QED) is 0.0475. The van der Waals surface area contributed by atoms with Crippen LogP contribution in [0.1, 0.15) is 298 Å². The van der Waals surface area contributed by atoms with Crippen LogP contribution in [0.4, 0.5) is 0 Å². The van der Waals surface area contributed by atoms with Crippen LogP contribution in [-0.4, -0.2) is 110 Å². The third-order valence-corrected chi connectivity index (χ3v) is 15.0. The second-order valence-corrected chi connectivity index (χ2v) is 22.0. The summed E-state index contributed by atoms with van der Waals surface area (Å²) in [4.78, 5) is 45.7. The van der Waals surface area contributed by atoms with Gasteiger partial charge in [0.15, 0.2) is 0 Å². The average molecular weight is 1010 g/mol. The average Bonchev–Trinajstić information content (AvgIpc) is 3.37. The maximum absolute atomic E-state index is 13.0. The van der Waals surface area contributed by atoms with Crippen molar-refractivity contribution in [3.05, 3.63) is 0 Å². The third-order valence-electron chi connectivity index (χ3n) is 15.0. The zero-order chi connectivity index (χ0) is 52.1. The smallest absolute Gasteiger partial charge is 0.305 e. The molecule has 0 heterocycles. The number of aliphatic hydroxyl groups is 1. The molecule has 422 valence electrons. The fourth-order valence-electron chi connectivity index (χ4n) is 10.0. The third kappa shape index (κ3) is 47.7. The zero-order valence-electron chi connectivity index (χ0n) is 48.5. The summed E-state index contributed by atoms with van der Waals surface area (Å²) in [6, 6.07) is 0. The van der Waals surface area contributed by atoms with Gasteiger partial charge in [-0.25, -0.2) is 0 Å². The number of aliphatic hydroxyl groups excluding tert-OH is 1. The Morgan fingerprint density at radius 2 is 0.704 bits per heavy atom. The standard InChI is InChI=1S/C62H123N3O6/c1-7-12-17-22-25-32-43-58(41-30-20-15-10-4)56-70-61(68)46-34-28-37-49-64(53-52-63(6)48-40-36-45-60(67)65(54-55-66)51-39-27-24-19-14-9-3)50-38-29-35-47-62(69)71-57-59(42-31-21-16-11-5)44-33-26-23-18-13-8-2/h58-59,66H,7-57H2,1-6H3. The molecule has 0 aromatic rings. The van der Waals surface area contributed by atoms with E-state index in [1.54, 1.807) is 0 Å². The van der Waals surface area contributed by atoms with Crippen LogP contribution in [0.2, 0.25) is 0 Å². The van der Waals surface area contributed by atoms with E-state index in [0.717, 1.165) is 103 Å². The molecule has 0 rings (SSSR count). The van der Waals surface area contributed by atoms with Gasteiger partial charge in [-0.2, -0.15) is 0 Å². The first-order chi connectivity index (χ1) is 34.7. The van der Waals surface area contributed by atoms with Crippen molar-refractivity contribution in [1.82, 2.24) is 14.7 Å². The Labute approximate surface area is 442 Å². The summed E-state index contributed by atoms with van der Waals surface area (Å²) in [7, 11) is 2.20. The van der Waals surface area contributed by atoms with Gasteiger partial charge in [0, 0.05) is 45.4 Å². The minimum absolute atomic E-state index is 0.0237. The molecule has 2 unspecified atom stereocenters. The van der Waals surface area contributed by atoms with Crippen molar-refractivity contribution < 1.29 is 29.0 Å². The number of amides is 1. The first-order valence-corrected chi connectivity index (χ1v) is 31.3. The summed E-state index contributed by atoms with van der Waals surface area (Å²) in [6.07, 6.45) is 47.1. The van der Waals surface area contributed by atoms with E-state index in [4.69, 9.17) is 9.47 Å². The highest BCUT2D eigenvalue weighted by atomic mass is 16.5. The summed E-state index contributed by atoms with van der Waals surface area (Å²) in [5.41, 5.74) is 0. The molecular formula is C62H123N3O6. The Hall–Kier alpha value is -1.71. The molecule has 71 heavy (non-hydrogen) atoms. The number of unbranched alkanes of at least 4 members (excludes halogenated alkanes) is 26. The molecule has 0 spiro atoms. The van der Waals surface area contributed by atoms with Crippen molar-refractivity contribution in [3.63, 3.8) is 0 Å². The normalized spacial score (nSPS) is 12.5. The Morgan fingerprint density at radius 3 is 1.13 bits per heavy atom. The van der Waals surface area contributed by atoms with Crippen molar-refractivity contribution in [2.75, 3.05) is 72.7 Å². The number of rotatable bonds is 57. The molecule has 0 aromatic carbocycles. The summed E-state index contributed by atoms with van der Waals surface area (Å²) in [6.45, 7) is 18.6. The predicted octanol–water partition coefficient (Wildman–Crippen LogP) is 16.5. The van der Waals surface area contributed by atoms with Gasteiger partial charge < -0.3 is 29.3 Å². The predicted molar refractivity (Wildman–Crippen MR) is 304 cm³/mol. The van der Waals surface area contributed by atoms with Crippen molar-refractivity contribution in [3.8, 4) is 0 Å². The molecule has 0 fully saturated rings. The molecule has 1 N–H and O–H groups in total. The molecule has 9 heteroatoms. The largest absolute Gasteiger partial charge is 0.465 e. The number of hydrogen-bond acceptors (Lipinski definition) is 8. The van der Waals surface area contributed by atoms with Gasteiger partial charge in [0.2, 0.25) is 5.91 Å². The van der Waals surface area contributed by atoms with Crippen LogP contribution in [0, 0.1) is 11.8 Å². The topological polar surface area (TPSA) is 99.6 Å². The van der Waals surface area contributed by atoms with Crippen molar-refractivity contribution >= 4 is 17.8 Å². The minimum Gasteiger partial charge on any atom is -0.465 e. The van der Waals surface area contributed by atoms with Gasteiger partial charge in [-0.15, -0.1) is 0 Å². The van der Waals surface area contributed by atoms with E-state index >= 15 is 0 Å². The van der Waals surface area contributed by atoms with Gasteiger partial charge in [0.1, 0.15) is 0 Å². The van der Waals surface area contributed by atoms with Gasteiger partial charge in [0.25, 0.3) is 0 Å². The van der Waals surface area contributed by atoms with Crippen molar-refractivity contribution in [1.29, 1.82) is 0 Å². The Morgan fingerprint density at radius 1 is 0.366 bits per heavy atom. The van der Waals surface area contributed by atoms with E-state index in [9.17, 15) is 19.5 Å². The number of esters is 2. The number of likely N-dealkylation sites (N-methyl/N-ethyl adjacent to an activating group) is 1. The highest BCUT2D eigenvalue weighted by molar-refractivity contribution is 5.76. The lowest BCUT2D eigenvalue weighted by Crippen LogP contribution is -2.35. The molecule has 0 aliphatic heterocycles. The minimum atomic E-state index is -0.0237.